The SMILES string of the molecule is O=C(O)c1cccc(CN(c2ccc3sccc3c2)C2CCN(C(=O)O)CC2)c1. The molecule has 7 heteroatoms. The zero-order chi connectivity index (χ0) is 20.4. The van der Waals surface area contributed by atoms with E-state index >= 15 is 0 Å². The Bertz CT molecular complexity index is 1040. The number of carboxylic acid groups (broad SMARTS) is 2. The second-order valence-corrected chi connectivity index (χ2v) is 8.22. The number of likely N-dealkylation sites (tertiary alicyclic amines) is 1. The molecule has 1 fully saturated rings. The molecular weight excluding hydrogens is 388 g/mol. The van der Waals surface area contributed by atoms with Crippen LogP contribution in [0.2, 0.25) is 0 Å². The van der Waals surface area contributed by atoms with Crippen LogP contribution < -0.4 is 4.90 Å². The number of piperidine rings is 1. The van der Waals surface area contributed by atoms with Gasteiger partial charge in [-0.15, -0.1) is 11.3 Å². The van der Waals surface area contributed by atoms with Gasteiger partial charge in [-0.3, -0.25) is 0 Å². The minimum atomic E-state index is -0.937. The van der Waals surface area contributed by atoms with E-state index in [0.717, 1.165) is 24.1 Å². The molecule has 6 nitrogen and oxygen atoms in total. The van der Waals surface area contributed by atoms with E-state index in [1.807, 2.05) is 6.07 Å². The summed E-state index contributed by atoms with van der Waals surface area (Å²) >= 11 is 1.70. The zero-order valence-electron chi connectivity index (χ0n) is 15.8. The van der Waals surface area contributed by atoms with Crippen molar-refractivity contribution in [1.82, 2.24) is 4.90 Å². The molecule has 1 aromatic heterocycles. The maximum absolute atomic E-state index is 11.4. The smallest absolute Gasteiger partial charge is 0.407 e. The zero-order valence-corrected chi connectivity index (χ0v) is 16.6. The Morgan fingerprint density at radius 1 is 1.07 bits per heavy atom. The van der Waals surface area contributed by atoms with Crippen LogP contribution in [0.4, 0.5) is 10.5 Å². The summed E-state index contributed by atoms with van der Waals surface area (Å²) < 4.78 is 1.22. The second kappa shape index (κ2) is 8.13. The number of thiophene rings is 1. The number of benzene rings is 2. The molecule has 0 aliphatic carbocycles. The molecule has 2 N–H and O–H groups in total. The van der Waals surface area contributed by atoms with Crippen LogP contribution in [0, 0.1) is 0 Å². The Balaban J connectivity index is 1.64. The lowest BCUT2D eigenvalue weighted by Gasteiger charge is -2.39. The first-order valence-electron chi connectivity index (χ1n) is 9.55. The van der Waals surface area contributed by atoms with Crippen LogP contribution in [0.3, 0.4) is 0 Å². The molecule has 29 heavy (non-hydrogen) atoms. The summed E-state index contributed by atoms with van der Waals surface area (Å²) in [6.07, 6.45) is 0.614. The van der Waals surface area contributed by atoms with E-state index in [4.69, 9.17) is 0 Å². The number of amides is 1. The third kappa shape index (κ3) is 4.19. The number of nitrogens with zero attached hydrogens (tertiary/aromatic N) is 2. The second-order valence-electron chi connectivity index (χ2n) is 7.28. The number of aromatic carboxylic acids is 1. The highest BCUT2D eigenvalue weighted by molar-refractivity contribution is 7.17. The van der Waals surface area contributed by atoms with Crippen LogP contribution >= 0.6 is 11.3 Å². The highest BCUT2D eigenvalue weighted by Gasteiger charge is 2.27. The lowest BCUT2D eigenvalue weighted by Crippen LogP contribution is -2.46. The predicted octanol–water partition coefficient (Wildman–Crippen LogP) is 4.75. The Kier molecular flexibility index (Phi) is 5.40. The maximum atomic E-state index is 11.4. The quantitative estimate of drug-likeness (QED) is 0.634. The summed E-state index contributed by atoms with van der Waals surface area (Å²) in [5.41, 5.74) is 2.28. The molecule has 0 spiro atoms. The fourth-order valence-corrected chi connectivity index (χ4v) is 4.70. The van der Waals surface area contributed by atoms with Crippen LogP contribution in [0.25, 0.3) is 10.1 Å². The summed E-state index contributed by atoms with van der Waals surface area (Å²) in [6.45, 7) is 1.59. The van der Waals surface area contributed by atoms with Gasteiger partial charge in [-0.05, 0) is 65.6 Å². The van der Waals surface area contributed by atoms with E-state index in [1.165, 1.54) is 15.0 Å². The van der Waals surface area contributed by atoms with Gasteiger partial charge in [0.2, 0.25) is 0 Å². The van der Waals surface area contributed by atoms with E-state index in [1.54, 1.807) is 29.5 Å². The first-order valence-corrected chi connectivity index (χ1v) is 10.4. The summed E-state index contributed by atoms with van der Waals surface area (Å²) in [5, 5.41) is 21.8. The summed E-state index contributed by atoms with van der Waals surface area (Å²) in [5.74, 6) is -0.937. The maximum Gasteiger partial charge on any atom is 0.407 e. The van der Waals surface area contributed by atoms with Gasteiger partial charge < -0.3 is 20.0 Å². The molecule has 2 heterocycles. The molecule has 3 aromatic rings. The standard InChI is InChI=1S/C22H22N2O4S/c25-21(26)17-3-1-2-15(12-17)14-24(18-6-9-23(10-7-18)22(27)28)19-4-5-20-16(13-19)8-11-29-20/h1-5,8,11-13,18H,6-7,9-10,14H2,(H,25,26)(H,27,28). The lowest BCUT2D eigenvalue weighted by atomic mass is 10.0. The molecule has 2 aromatic carbocycles. The Morgan fingerprint density at radius 3 is 2.59 bits per heavy atom. The van der Waals surface area contributed by atoms with Crippen molar-refractivity contribution in [2.45, 2.75) is 25.4 Å². The van der Waals surface area contributed by atoms with Gasteiger partial charge in [-0.2, -0.15) is 0 Å². The number of carboxylic acids is 1. The molecular formula is C22H22N2O4S. The van der Waals surface area contributed by atoms with Crippen LogP contribution in [-0.4, -0.2) is 46.3 Å². The van der Waals surface area contributed by atoms with Crippen LogP contribution in [0.5, 0.6) is 0 Å². The topological polar surface area (TPSA) is 81.1 Å². The van der Waals surface area contributed by atoms with Gasteiger partial charge in [0, 0.05) is 36.1 Å². The number of fused-ring (bicyclic) bond motifs is 1. The van der Waals surface area contributed by atoms with Gasteiger partial charge in [-0.1, -0.05) is 12.1 Å². The number of carbonyl (C=O) groups is 2. The molecule has 1 saturated heterocycles. The predicted molar refractivity (Wildman–Crippen MR) is 114 cm³/mol. The van der Waals surface area contributed by atoms with Crippen molar-refractivity contribution in [2.24, 2.45) is 0 Å². The van der Waals surface area contributed by atoms with Crippen molar-refractivity contribution in [3.8, 4) is 0 Å². The van der Waals surface area contributed by atoms with Crippen LogP contribution in [0.1, 0.15) is 28.8 Å². The molecule has 1 amide bonds. The average Bonchev–Trinajstić information content (AvgIpc) is 3.20. The molecule has 0 bridgehead atoms. The van der Waals surface area contributed by atoms with E-state index in [9.17, 15) is 19.8 Å². The summed E-state index contributed by atoms with van der Waals surface area (Å²) in [4.78, 5) is 26.4. The number of anilines is 1. The minimum absolute atomic E-state index is 0.190. The van der Waals surface area contributed by atoms with Crippen molar-refractivity contribution in [3.63, 3.8) is 0 Å². The van der Waals surface area contributed by atoms with Crippen molar-refractivity contribution >= 4 is 39.2 Å². The van der Waals surface area contributed by atoms with Gasteiger partial charge in [0.25, 0.3) is 0 Å². The molecule has 0 saturated carbocycles. The molecule has 0 radical (unpaired) electrons. The third-order valence-corrected chi connectivity index (χ3v) is 6.37. The molecule has 4 rings (SSSR count). The van der Waals surface area contributed by atoms with Gasteiger partial charge >= 0.3 is 12.1 Å². The number of hydrogen-bond donors (Lipinski definition) is 2. The van der Waals surface area contributed by atoms with E-state index in [0.29, 0.717) is 19.6 Å². The molecule has 0 atom stereocenters. The Morgan fingerprint density at radius 2 is 1.86 bits per heavy atom. The molecule has 150 valence electrons. The third-order valence-electron chi connectivity index (χ3n) is 5.47. The van der Waals surface area contributed by atoms with Crippen molar-refractivity contribution in [2.75, 3.05) is 18.0 Å². The normalized spacial score (nSPS) is 14.8. The first kappa shape index (κ1) is 19.3. The van der Waals surface area contributed by atoms with Crippen LogP contribution in [-0.2, 0) is 6.54 Å². The summed E-state index contributed by atoms with van der Waals surface area (Å²) in [6, 6.07) is 15.7. The average molecular weight is 410 g/mol. The largest absolute Gasteiger partial charge is 0.478 e. The molecule has 1 aliphatic heterocycles. The Hall–Kier alpha value is -3.06. The van der Waals surface area contributed by atoms with Crippen molar-refractivity contribution in [3.05, 3.63) is 65.0 Å². The van der Waals surface area contributed by atoms with Gasteiger partial charge in [-0.25, -0.2) is 9.59 Å². The van der Waals surface area contributed by atoms with Crippen LogP contribution in [0.15, 0.2) is 53.9 Å². The fraction of sp³-hybridized carbons (Fsp3) is 0.273. The van der Waals surface area contributed by atoms with Crippen molar-refractivity contribution in [1.29, 1.82) is 0 Å². The summed E-state index contributed by atoms with van der Waals surface area (Å²) in [7, 11) is 0. The van der Waals surface area contributed by atoms with Gasteiger partial charge in [0.15, 0.2) is 0 Å². The van der Waals surface area contributed by atoms with E-state index in [2.05, 4.69) is 34.5 Å². The molecule has 0 unspecified atom stereocenters. The minimum Gasteiger partial charge on any atom is -0.478 e. The number of rotatable bonds is 5. The highest BCUT2D eigenvalue weighted by Crippen LogP contribution is 2.31. The Labute approximate surface area is 172 Å². The highest BCUT2D eigenvalue weighted by atomic mass is 32.1. The van der Waals surface area contributed by atoms with E-state index < -0.39 is 12.1 Å². The van der Waals surface area contributed by atoms with E-state index in [-0.39, 0.29) is 11.6 Å². The lowest BCUT2D eigenvalue weighted by molar-refractivity contribution is 0.0696. The fourth-order valence-electron chi connectivity index (χ4n) is 3.93. The van der Waals surface area contributed by atoms with Gasteiger partial charge in [0.05, 0.1) is 5.56 Å². The monoisotopic (exact) mass is 410 g/mol. The van der Waals surface area contributed by atoms with Gasteiger partial charge in [0.1, 0.15) is 0 Å². The number of hydrogen-bond acceptors (Lipinski definition) is 4. The first-order chi connectivity index (χ1) is 14.0. The van der Waals surface area contributed by atoms with Crippen molar-refractivity contribution < 1.29 is 19.8 Å². The molecule has 1 aliphatic rings.